The average molecular weight is 315 g/mol. The van der Waals surface area contributed by atoms with E-state index in [2.05, 4.69) is 10.3 Å². The van der Waals surface area contributed by atoms with Crippen LogP contribution in [0, 0.1) is 10.1 Å². The monoisotopic (exact) mass is 315 g/mol. The molecule has 0 atom stereocenters. The summed E-state index contributed by atoms with van der Waals surface area (Å²) in [5, 5.41) is 13.9. The van der Waals surface area contributed by atoms with Crippen LogP contribution in [0.4, 0.5) is 10.8 Å². The highest BCUT2D eigenvalue weighted by Gasteiger charge is 2.17. The zero-order valence-electron chi connectivity index (χ0n) is 11.6. The largest absolute Gasteiger partial charge is 0.298 e. The van der Waals surface area contributed by atoms with Crippen molar-refractivity contribution >= 4 is 34.1 Å². The molecule has 0 saturated carbocycles. The van der Waals surface area contributed by atoms with Gasteiger partial charge in [0.2, 0.25) is 5.91 Å². The Bertz CT molecular complexity index is 728. The molecule has 1 amide bonds. The third-order valence-electron chi connectivity index (χ3n) is 3.36. The number of hydrogen-bond donors (Lipinski definition) is 1. The van der Waals surface area contributed by atoms with E-state index in [4.69, 9.17) is 0 Å². The number of nitrogens with one attached hydrogen (secondary N) is 1. The Hall–Kier alpha value is -2.54. The molecule has 112 valence electrons. The zero-order valence-corrected chi connectivity index (χ0v) is 12.4. The number of nitrogens with zero attached hydrogens (tertiary/aromatic N) is 2. The summed E-state index contributed by atoms with van der Waals surface area (Å²) in [5.74, 6) is -0.259. The number of non-ortho nitro benzene ring substituents is 1. The van der Waals surface area contributed by atoms with Crippen LogP contribution in [-0.2, 0) is 17.6 Å². The summed E-state index contributed by atoms with van der Waals surface area (Å²) in [6.07, 6.45) is 6.18. The second-order valence-corrected chi connectivity index (χ2v) is 6.00. The summed E-state index contributed by atoms with van der Waals surface area (Å²) in [6, 6.07) is 6.01. The number of nitro groups is 1. The van der Waals surface area contributed by atoms with Gasteiger partial charge in [-0.2, -0.15) is 0 Å². The Kier molecular flexibility index (Phi) is 3.97. The molecule has 1 heterocycles. The molecule has 22 heavy (non-hydrogen) atoms. The van der Waals surface area contributed by atoms with Gasteiger partial charge in [-0.15, -0.1) is 11.3 Å². The first-order chi connectivity index (χ1) is 10.6. The summed E-state index contributed by atoms with van der Waals surface area (Å²) >= 11 is 1.53. The molecule has 1 aliphatic rings. The smallest absolute Gasteiger partial charge is 0.269 e. The van der Waals surface area contributed by atoms with Gasteiger partial charge in [-0.05, 0) is 43.0 Å². The summed E-state index contributed by atoms with van der Waals surface area (Å²) in [6.45, 7) is 0. The first kappa shape index (κ1) is 14.4. The van der Waals surface area contributed by atoms with E-state index in [1.807, 2.05) is 0 Å². The van der Waals surface area contributed by atoms with Gasteiger partial charge in [-0.1, -0.05) is 0 Å². The molecule has 0 radical (unpaired) electrons. The molecule has 2 aromatic rings. The number of nitro benzene ring substituents is 1. The van der Waals surface area contributed by atoms with E-state index in [9.17, 15) is 14.9 Å². The van der Waals surface area contributed by atoms with E-state index in [0.717, 1.165) is 30.5 Å². The maximum atomic E-state index is 11.8. The van der Waals surface area contributed by atoms with Crippen LogP contribution in [0.5, 0.6) is 0 Å². The van der Waals surface area contributed by atoms with E-state index >= 15 is 0 Å². The first-order valence-electron chi connectivity index (χ1n) is 6.84. The zero-order chi connectivity index (χ0) is 15.5. The molecule has 0 fully saturated rings. The molecule has 3 rings (SSSR count). The second kappa shape index (κ2) is 6.07. The number of aromatic nitrogens is 1. The standard InChI is InChI=1S/C15H13N3O3S/c19-14(17-15-16-12-2-1-3-13(12)22-15)9-6-10-4-7-11(8-5-10)18(20)21/h4-9H,1-3H2,(H,16,17,19). The van der Waals surface area contributed by atoms with Crippen molar-refractivity contribution in [1.82, 2.24) is 4.98 Å². The molecule has 1 N–H and O–H groups in total. The first-order valence-corrected chi connectivity index (χ1v) is 7.65. The Labute approximate surface area is 130 Å². The molecule has 0 bridgehead atoms. The number of thiazole rings is 1. The van der Waals surface area contributed by atoms with Crippen molar-refractivity contribution in [3.8, 4) is 0 Å². The fourth-order valence-corrected chi connectivity index (χ4v) is 3.32. The Morgan fingerprint density at radius 1 is 1.32 bits per heavy atom. The van der Waals surface area contributed by atoms with Gasteiger partial charge >= 0.3 is 0 Å². The molecule has 0 aliphatic heterocycles. The Morgan fingerprint density at radius 2 is 2.09 bits per heavy atom. The van der Waals surface area contributed by atoms with Crippen LogP contribution < -0.4 is 5.32 Å². The van der Waals surface area contributed by atoms with E-state index in [1.54, 1.807) is 18.2 Å². The van der Waals surface area contributed by atoms with Crippen molar-refractivity contribution in [2.24, 2.45) is 0 Å². The minimum atomic E-state index is -0.456. The quantitative estimate of drug-likeness (QED) is 0.533. The predicted molar refractivity (Wildman–Crippen MR) is 84.9 cm³/mol. The molecule has 1 aromatic carbocycles. The lowest BCUT2D eigenvalue weighted by atomic mass is 10.2. The van der Waals surface area contributed by atoms with Crippen LogP contribution in [0.3, 0.4) is 0 Å². The van der Waals surface area contributed by atoms with Crippen LogP contribution >= 0.6 is 11.3 Å². The van der Waals surface area contributed by atoms with Crippen LogP contribution in [0.25, 0.3) is 6.08 Å². The van der Waals surface area contributed by atoms with Crippen LogP contribution in [0.2, 0.25) is 0 Å². The van der Waals surface area contributed by atoms with Crippen molar-refractivity contribution in [2.45, 2.75) is 19.3 Å². The minimum Gasteiger partial charge on any atom is -0.298 e. The molecular weight excluding hydrogens is 302 g/mol. The number of carbonyl (C=O) groups excluding carboxylic acids is 1. The molecule has 0 unspecified atom stereocenters. The van der Waals surface area contributed by atoms with E-state index < -0.39 is 4.92 Å². The van der Waals surface area contributed by atoms with E-state index in [-0.39, 0.29) is 11.6 Å². The number of amides is 1. The van der Waals surface area contributed by atoms with Gasteiger partial charge in [0.15, 0.2) is 5.13 Å². The Balaban J connectivity index is 1.61. The van der Waals surface area contributed by atoms with Crippen molar-refractivity contribution in [3.05, 3.63) is 56.6 Å². The van der Waals surface area contributed by atoms with Gasteiger partial charge in [-0.25, -0.2) is 4.98 Å². The van der Waals surface area contributed by atoms with Gasteiger partial charge < -0.3 is 0 Å². The van der Waals surface area contributed by atoms with Crippen LogP contribution in [0.15, 0.2) is 30.3 Å². The molecule has 1 aromatic heterocycles. The highest BCUT2D eigenvalue weighted by atomic mass is 32.1. The molecule has 1 aliphatic carbocycles. The number of aryl methyl sites for hydroxylation is 2. The van der Waals surface area contributed by atoms with Crippen molar-refractivity contribution in [2.75, 3.05) is 5.32 Å². The number of carbonyl (C=O) groups is 1. The third kappa shape index (κ3) is 3.20. The van der Waals surface area contributed by atoms with Crippen molar-refractivity contribution in [1.29, 1.82) is 0 Å². The van der Waals surface area contributed by atoms with Gasteiger partial charge in [0, 0.05) is 23.1 Å². The van der Waals surface area contributed by atoms with E-state index in [1.165, 1.54) is 34.4 Å². The van der Waals surface area contributed by atoms with Gasteiger partial charge in [-0.3, -0.25) is 20.2 Å². The summed E-state index contributed by atoms with van der Waals surface area (Å²) in [7, 11) is 0. The number of fused-ring (bicyclic) bond motifs is 1. The lowest BCUT2D eigenvalue weighted by Gasteiger charge is -1.97. The topological polar surface area (TPSA) is 85.1 Å². The summed E-state index contributed by atoms with van der Waals surface area (Å²) in [5.41, 5.74) is 1.85. The molecule has 0 saturated heterocycles. The van der Waals surface area contributed by atoms with Gasteiger partial charge in [0.05, 0.1) is 10.6 Å². The van der Waals surface area contributed by atoms with Crippen LogP contribution in [-0.4, -0.2) is 15.8 Å². The summed E-state index contributed by atoms with van der Waals surface area (Å²) in [4.78, 5) is 27.6. The maximum Gasteiger partial charge on any atom is 0.269 e. The third-order valence-corrected chi connectivity index (χ3v) is 4.43. The Morgan fingerprint density at radius 3 is 2.77 bits per heavy atom. The van der Waals surface area contributed by atoms with Crippen LogP contribution in [0.1, 0.15) is 22.6 Å². The molecular formula is C15H13N3O3S. The van der Waals surface area contributed by atoms with E-state index in [0.29, 0.717) is 5.13 Å². The molecule has 6 nitrogen and oxygen atoms in total. The number of hydrogen-bond acceptors (Lipinski definition) is 5. The molecule has 0 spiro atoms. The molecule has 7 heteroatoms. The number of rotatable bonds is 4. The van der Waals surface area contributed by atoms with Gasteiger partial charge in [0.25, 0.3) is 5.69 Å². The highest BCUT2D eigenvalue weighted by Crippen LogP contribution is 2.30. The summed E-state index contributed by atoms with van der Waals surface area (Å²) < 4.78 is 0. The fraction of sp³-hybridized carbons (Fsp3) is 0.200. The SMILES string of the molecule is O=C(C=Cc1ccc([N+](=O)[O-])cc1)Nc1nc2c(s1)CCC2. The number of benzene rings is 1. The predicted octanol–water partition coefficient (Wildman–Crippen LogP) is 3.19. The van der Waals surface area contributed by atoms with Crippen molar-refractivity contribution in [3.63, 3.8) is 0 Å². The number of anilines is 1. The fourth-order valence-electron chi connectivity index (χ4n) is 2.27. The van der Waals surface area contributed by atoms with Gasteiger partial charge in [0.1, 0.15) is 0 Å². The van der Waals surface area contributed by atoms with Crippen molar-refractivity contribution < 1.29 is 9.72 Å². The average Bonchev–Trinajstić information content (AvgIpc) is 3.06. The maximum absolute atomic E-state index is 11.8. The normalized spacial score (nSPS) is 13.3. The lowest BCUT2D eigenvalue weighted by molar-refractivity contribution is -0.384. The minimum absolute atomic E-state index is 0.0268. The highest BCUT2D eigenvalue weighted by molar-refractivity contribution is 7.15. The lowest BCUT2D eigenvalue weighted by Crippen LogP contribution is -2.07. The second-order valence-electron chi connectivity index (χ2n) is 4.91.